The molecule has 0 aromatic carbocycles. The number of pyridine rings is 1. The highest BCUT2D eigenvalue weighted by Crippen LogP contribution is 2.11. The van der Waals surface area contributed by atoms with Gasteiger partial charge in [-0.15, -0.1) is 0 Å². The largest absolute Gasteiger partial charge is 0.390 e. The number of aliphatic hydroxyl groups is 1. The molecular weight excluding hydrogens is 258 g/mol. The Morgan fingerprint density at radius 3 is 3.00 bits per heavy atom. The van der Waals surface area contributed by atoms with Gasteiger partial charge in [0.2, 0.25) is 0 Å². The zero-order valence-corrected chi connectivity index (χ0v) is 10.4. The first-order chi connectivity index (χ1) is 7.22. The van der Waals surface area contributed by atoms with Gasteiger partial charge in [-0.2, -0.15) is 0 Å². The topological polar surface area (TPSA) is 42.4 Å². The molecule has 0 aliphatic rings. The van der Waals surface area contributed by atoms with E-state index in [2.05, 4.69) is 20.9 Å². The van der Waals surface area contributed by atoms with Crippen LogP contribution in [-0.2, 0) is 11.2 Å². The Morgan fingerprint density at radius 2 is 2.33 bits per heavy atom. The van der Waals surface area contributed by atoms with Crippen LogP contribution in [0.5, 0.6) is 0 Å². The Morgan fingerprint density at radius 1 is 1.53 bits per heavy atom. The summed E-state index contributed by atoms with van der Waals surface area (Å²) in [7, 11) is 0. The molecule has 3 nitrogen and oxygen atoms in total. The van der Waals surface area contributed by atoms with Crippen molar-refractivity contribution >= 4 is 15.9 Å². The van der Waals surface area contributed by atoms with Crippen LogP contribution in [0.4, 0.5) is 0 Å². The number of nitrogens with zero attached hydrogens (tertiary/aromatic N) is 1. The SMILES string of the molecule is CCCOCC(O)Cc1cncc(Br)c1. The number of rotatable bonds is 6. The molecule has 1 rings (SSSR count). The van der Waals surface area contributed by atoms with E-state index in [1.54, 1.807) is 12.4 Å². The van der Waals surface area contributed by atoms with Crippen molar-refractivity contribution in [1.82, 2.24) is 4.98 Å². The summed E-state index contributed by atoms with van der Waals surface area (Å²) in [6.45, 7) is 3.14. The first kappa shape index (κ1) is 12.6. The second-order valence-electron chi connectivity index (χ2n) is 3.44. The van der Waals surface area contributed by atoms with Gasteiger partial charge in [0.05, 0.1) is 12.7 Å². The van der Waals surface area contributed by atoms with Gasteiger partial charge in [0.25, 0.3) is 0 Å². The third-order valence-corrected chi connectivity index (χ3v) is 2.33. The number of aliphatic hydroxyl groups excluding tert-OH is 1. The van der Waals surface area contributed by atoms with Crippen LogP contribution in [0.15, 0.2) is 22.9 Å². The second-order valence-corrected chi connectivity index (χ2v) is 4.36. The fourth-order valence-electron chi connectivity index (χ4n) is 1.26. The maximum Gasteiger partial charge on any atom is 0.0814 e. The van der Waals surface area contributed by atoms with Crippen molar-refractivity contribution < 1.29 is 9.84 Å². The van der Waals surface area contributed by atoms with Crippen molar-refractivity contribution in [2.45, 2.75) is 25.9 Å². The lowest BCUT2D eigenvalue weighted by atomic mass is 10.1. The van der Waals surface area contributed by atoms with E-state index in [1.165, 1.54) is 0 Å². The molecule has 0 amide bonds. The Hall–Kier alpha value is -0.450. The first-order valence-electron chi connectivity index (χ1n) is 5.07. The maximum absolute atomic E-state index is 9.65. The summed E-state index contributed by atoms with van der Waals surface area (Å²) in [6, 6.07) is 1.95. The van der Waals surface area contributed by atoms with Crippen molar-refractivity contribution in [3.63, 3.8) is 0 Å². The molecule has 1 aromatic heterocycles. The molecule has 84 valence electrons. The first-order valence-corrected chi connectivity index (χ1v) is 5.87. The maximum atomic E-state index is 9.65. The van der Waals surface area contributed by atoms with Gasteiger partial charge >= 0.3 is 0 Å². The Bertz CT molecular complexity index is 294. The Labute approximate surface area is 98.6 Å². The number of ether oxygens (including phenoxy) is 1. The van der Waals surface area contributed by atoms with E-state index >= 15 is 0 Å². The van der Waals surface area contributed by atoms with Crippen molar-refractivity contribution in [3.05, 3.63) is 28.5 Å². The van der Waals surface area contributed by atoms with E-state index in [0.717, 1.165) is 16.5 Å². The lowest BCUT2D eigenvalue weighted by molar-refractivity contribution is 0.0374. The average molecular weight is 274 g/mol. The van der Waals surface area contributed by atoms with Crippen LogP contribution in [0.25, 0.3) is 0 Å². The minimum absolute atomic E-state index is 0.389. The van der Waals surface area contributed by atoms with Gasteiger partial charge in [0, 0.05) is 29.9 Å². The number of aromatic nitrogens is 1. The third-order valence-electron chi connectivity index (χ3n) is 1.89. The molecule has 0 fully saturated rings. The second kappa shape index (κ2) is 6.93. The number of halogens is 1. The summed E-state index contributed by atoms with van der Waals surface area (Å²) in [5.74, 6) is 0. The monoisotopic (exact) mass is 273 g/mol. The Kier molecular flexibility index (Phi) is 5.83. The molecule has 0 aliphatic heterocycles. The molecule has 1 unspecified atom stereocenters. The zero-order valence-electron chi connectivity index (χ0n) is 8.82. The van der Waals surface area contributed by atoms with Crippen molar-refractivity contribution in [3.8, 4) is 0 Å². The molecule has 0 saturated heterocycles. The molecule has 1 heterocycles. The highest BCUT2D eigenvalue weighted by Gasteiger charge is 2.06. The van der Waals surface area contributed by atoms with Crippen molar-refractivity contribution in [2.75, 3.05) is 13.2 Å². The van der Waals surface area contributed by atoms with Crippen LogP contribution in [0.1, 0.15) is 18.9 Å². The summed E-state index contributed by atoms with van der Waals surface area (Å²) in [5.41, 5.74) is 1.01. The van der Waals surface area contributed by atoms with Crippen molar-refractivity contribution in [1.29, 1.82) is 0 Å². The minimum atomic E-state index is -0.451. The normalized spacial score (nSPS) is 12.7. The predicted octanol–water partition coefficient (Wildman–Crippen LogP) is 2.17. The fourth-order valence-corrected chi connectivity index (χ4v) is 1.67. The van der Waals surface area contributed by atoms with Crippen molar-refractivity contribution in [2.24, 2.45) is 0 Å². The number of hydrogen-bond acceptors (Lipinski definition) is 3. The molecule has 4 heteroatoms. The van der Waals surface area contributed by atoms with E-state index in [0.29, 0.717) is 19.6 Å². The summed E-state index contributed by atoms with van der Waals surface area (Å²) < 4.78 is 6.20. The van der Waals surface area contributed by atoms with E-state index in [1.807, 2.05) is 13.0 Å². The van der Waals surface area contributed by atoms with Gasteiger partial charge in [-0.25, -0.2) is 0 Å². The van der Waals surface area contributed by atoms with Gasteiger partial charge in [0.1, 0.15) is 0 Å². The molecule has 1 aromatic rings. The third kappa shape index (κ3) is 5.25. The van der Waals surface area contributed by atoms with Gasteiger partial charge in [-0.05, 0) is 34.0 Å². The highest BCUT2D eigenvalue weighted by atomic mass is 79.9. The van der Waals surface area contributed by atoms with E-state index in [9.17, 15) is 5.11 Å². The van der Waals surface area contributed by atoms with Crippen LogP contribution in [-0.4, -0.2) is 29.4 Å². The Balaban J connectivity index is 2.34. The standard InChI is InChI=1S/C11H16BrNO2/c1-2-3-15-8-11(14)5-9-4-10(12)7-13-6-9/h4,6-7,11,14H,2-3,5,8H2,1H3. The summed E-state index contributed by atoms with van der Waals surface area (Å²) in [4.78, 5) is 4.03. The molecule has 0 aliphatic carbocycles. The smallest absolute Gasteiger partial charge is 0.0814 e. The van der Waals surface area contributed by atoms with E-state index in [4.69, 9.17) is 4.74 Å². The molecular formula is C11H16BrNO2. The summed E-state index contributed by atoms with van der Waals surface area (Å²) in [5, 5.41) is 9.65. The molecule has 0 radical (unpaired) electrons. The predicted molar refractivity (Wildman–Crippen MR) is 62.8 cm³/mol. The van der Waals surface area contributed by atoms with E-state index in [-0.39, 0.29) is 0 Å². The van der Waals surface area contributed by atoms with E-state index < -0.39 is 6.10 Å². The van der Waals surface area contributed by atoms with Crippen LogP contribution in [0.2, 0.25) is 0 Å². The lowest BCUT2D eigenvalue weighted by Gasteiger charge is -2.10. The summed E-state index contributed by atoms with van der Waals surface area (Å²) >= 11 is 3.34. The molecule has 15 heavy (non-hydrogen) atoms. The quantitative estimate of drug-likeness (QED) is 0.808. The molecule has 1 atom stereocenters. The van der Waals surface area contributed by atoms with Crippen LogP contribution in [0, 0.1) is 0 Å². The minimum Gasteiger partial charge on any atom is -0.390 e. The van der Waals surface area contributed by atoms with Crippen LogP contribution >= 0.6 is 15.9 Å². The molecule has 0 saturated carbocycles. The number of hydrogen-bond donors (Lipinski definition) is 1. The van der Waals surface area contributed by atoms with Gasteiger partial charge in [-0.3, -0.25) is 4.98 Å². The van der Waals surface area contributed by atoms with Crippen LogP contribution < -0.4 is 0 Å². The molecule has 1 N–H and O–H groups in total. The molecule has 0 bridgehead atoms. The van der Waals surface area contributed by atoms with Gasteiger partial charge < -0.3 is 9.84 Å². The van der Waals surface area contributed by atoms with Gasteiger partial charge in [0.15, 0.2) is 0 Å². The van der Waals surface area contributed by atoms with Gasteiger partial charge in [-0.1, -0.05) is 6.92 Å². The highest BCUT2D eigenvalue weighted by molar-refractivity contribution is 9.10. The summed E-state index contributed by atoms with van der Waals surface area (Å²) in [6.07, 6.45) is 4.59. The lowest BCUT2D eigenvalue weighted by Crippen LogP contribution is -2.18. The average Bonchev–Trinajstić information content (AvgIpc) is 2.18. The fraction of sp³-hybridized carbons (Fsp3) is 0.545. The zero-order chi connectivity index (χ0) is 11.1. The van der Waals surface area contributed by atoms with Crippen LogP contribution in [0.3, 0.4) is 0 Å². The molecule has 0 spiro atoms.